The molecule has 3 atom stereocenters. The zero-order valence-corrected chi connectivity index (χ0v) is 22.2. The Hall–Kier alpha value is -3.42. The lowest BCUT2D eigenvalue weighted by atomic mass is 10.0. The average molecular weight is 565 g/mol. The molecule has 4 rings (SSSR count). The Morgan fingerprint density at radius 1 is 1.21 bits per heavy atom. The summed E-state index contributed by atoms with van der Waals surface area (Å²) in [6.07, 6.45) is 1.11. The molecule has 1 aliphatic rings. The van der Waals surface area contributed by atoms with Crippen LogP contribution in [0, 0.1) is 17.6 Å². The molecule has 2 aromatic heterocycles. The standard InChI is InChI=1S/C26H30F2N4O6S/c1-15(2)10-20(31-26(35)23-12-16-11-17(27)18(28)13-22(16)38-23)25(34)30-19-6-5-9-32(14-21(19)33)39(36,37)24-7-3-4-8-29-24/h3-4,7-8,11-13,15,19-21,33H,5-6,9-10,14H2,1-2H3,(H,30,34)(H,31,35)/t19?,20-,21?/m0/s1. The Morgan fingerprint density at radius 2 is 1.95 bits per heavy atom. The van der Waals surface area contributed by atoms with Crippen molar-refractivity contribution >= 4 is 32.8 Å². The molecule has 0 bridgehead atoms. The van der Waals surface area contributed by atoms with E-state index in [1.807, 2.05) is 13.8 Å². The van der Waals surface area contributed by atoms with Crippen molar-refractivity contribution < 1.29 is 36.3 Å². The van der Waals surface area contributed by atoms with E-state index in [2.05, 4.69) is 15.6 Å². The Labute approximate surface area is 224 Å². The van der Waals surface area contributed by atoms with Crippen LogP contribution in [-0.4, -0.2) is 65.9 Å². The van der Waals surface area contributed by atoms with Gasteiger partial charge in [0.05, 0.1) is 12.1 Å². The van der Waals surface area contributed by atoms with Gasteiger partial charge in [-0.2, -0.15) is 4.31 Å². The van der Waals surface area contributed by atoms with Gasteiger partial charge in [-0.25, -0.2) is 22.2 Å². The maximum Gasteiger partial charge on any atom is 0.287 e. The molecule has 13 heteroatoms. The van der Waals surface area contributed by atoms with E-state index in [1.165, 1.54) is 18.3 Å². The van der Waals surface area contributed by atoms with Gasteiger partial charge >= 0.3 is 0 Å². The van der Waals surface area contributed by atoms with Crippen molar-refractivity contribution in [3.05, 3.63) is 60.0 Å². The summed E-state index contributed by atoms with van der Waals surface area (Å²) in [5.74, 6) is -3.73. The summed E-state index contributed by atoms with van der Waals surface area (Å²) in [6, 6.07) is 5.76. The van der Waals surface area contributed by atoms with Crippen LogP contribution >= 0.6 is 0 Å². The van der Waals surface area contributed by atoms with Gasteiger partial charge < -0.3 is 20.2 Å². The lowest BCUT2D eigenvalue weighted by Gasteiger charge is -2.27. The number of pyridine rings is 1. The molecule has 1 saturated heterocycles. The van der Waals surface area contributed by atoms with Crippen LogP contribution in [0.25, 0.3) is 11.0 Å². The fraction of sp³-hybridized carbons (Fsp3) is 0.423. The smallest absolute Gasteiger partial charge is 0.287 e. The van der Waals surface area contributed by atoms with Gasteiger partial charge in [0, 0.05) is 30.7 Å². The highest BCUT2D eigenvalue weighted by atomic mass is 32.2. The van der Waals surface area contributed by atoms with E-state index in [1.54, 1.807) is 12.1 Å². The maximum absolute atomic E-state index is 13.5. The number of nitrogens with zero attached hydrogens (tertiary/aromatic N) is 2. The molecule has 0 spiro atoms. The number of benzene rings is 1. The van der Waals surface area contributed by atoms with Crippen molar-refractivity contribution in [3.8, 4) is 0 Å². The third-order valence-electron chi connectivity index (χ3n) is 6.46. The molecule has 10 nitrogen and oxygen atoms in total. The number of carbonyl (C=O) groups is 2. The summed E-state index contributed by atoms with van der Waals surface area (Å²) < 4.78 is 59.5. The Balaban J connectivity index is 1.45. The monoisotopic (exact) mass is 564 g/mol. The minimum atomic E-state index is -3.93. The van der Waals surface area contributed by atoms with Gasteiger partial charge in [-0.3, -0.25) is 9.59 Å². The zero-order chi connectivity index (χ0) is 28.3. The first-order valence-corrected chi connectivity index (χ1v) is 14.0. The molecule has 1 aromatic carbocycles. The number of hydrogen-bond acceptors (Lipinski definition) is 7. The van der Waals surface area contributed by atoms with E-state index in [9.17, 15) is 31.9 Å². The van der Waals surface area contributed by atoms with Gasteiger partial charge in [-0.05, 0) is 49.4 Å². The highest BCUT2D eigenvalue weighted by Gasteiger charge is 2.35. The normalized spacial score (nSPS) is 19.5. The molecule has 3 heterocycles. The number of carbonyl (C=O) groups excluding carboxylic acids is 2. The zero-order valence-electron chi connectivity index (χ0n) is 21.4. The molecule has 1 aliphatic heterocycles. The number of halogens is 2. The minimum Gasteiger partial charge on any atom is -0.451 e. The Bertz CT molecular complexity index is 1410. The van der Waals surface area contributed by atoms with E-state index >= 15 is 0 Å². The lowest BCUT2D eigenvalue weighted by Crippen LogP contribution is -2.54. The summed E-state index contributed by atoms with van der Waals surface area (Å²) in [4.78, 5) is 30.0. The summed E-state index contributed by atoms with van der Waals surface area (Å²) in [7, 11) is -3.93. The van der Waals surface area contributed by atoms with Crippen LogP contribution in [-0.2, 0) is 14.8 Å². The third kappa shape index (κ3) is 6.60. The maximum atomic E-state index is 13.5. The van der Waals surface area contributed by atoms with E-state index in [0.717, 1.165) is 16.4 Å². The molecule has 0 radical (unpaired) electrons. The molecule has 1 fully saturated rings. The third-order valence-corrected chi connectivity index (χ3v) is 8.24. The molecule has 3 aromatic rings. The molecule has 3 N–H and O–H groups in total. The highest BCUT2D eigenvalue weighted by molar-refractivity contribution is 7.89. The number of amides is 2. The van der Waals surface area contributed by atoms with Crippen molar-refractivity contribution in [2.24, 2.45) is 5.92 Å². The van der Waals surface area contributed by atoms with E-state index < -0.39 is 51.7 Å². The number of sulfonamides is 1. The first-order valence-electron chi connectivity index (χ1n) is 12.5. The van der Waals surface area contributed by atoms with Crippen LogP contribution in [0.5, 0.6) is 0 Å². The number of furan rings is 1. The molecule has 210 valence electrons. The number of β-amino-alcohol motifs (C(OH)–C–C–N with tert-alkyl or cyclic N) is 1. The van der Waals surface area contributed by atoms with Gasteiger partial charge in [0.2, 0.25) is 5.91 Å². The number of aliphatic hydroxyl groups is 1. The summed E-state index contributed by atoms with van der Waals surface area (Å²) in [5, 5.41) is 16.2. The first-order chi connectivity index (χ1) is 18.5. The van der Waals surface area contributed by atoms with Gasteiger partial charge in [0.25, 0.3) is 15.9 Å². The predicted octanol–water partition coefficient (Wildman–Crippen LogP) is 2.58. The second-order valence-corrected chi connectivity index (χ2v) is 11.8. The summed E-state index contributed by atoms with van der Waals surface area (Å²) >= 11 is 0. The lowest BCUT2D eigenvalue weighted by molar-refractivity contribution is -0.125. The number of nitrogens with one attached hydrogen (secondary N) is 2. The molecule has 39 heavy (non-hydrogen) atoms. The van der Waals surface area contributed by atoms with Gasteiger partial charge in [-0.15, -0.1) is 0 Å². The van der Waals surface area contributed by atoms with Crippen LogP contribution < -0.4 is 10.6 Å². The van der Waals surface area contributed by atoms with Crippen molar-refractivity contribution in [1.29, 1.82) is 0 Å². The number of fused-ring (bicyclic) bond motifs is 1. The fourth-order valence-electron chi connectivity index (χ4n) is 4.49. The van der Waals surface area contributed by atoms with E-state index in [4.69, 9.17) is 4.42 Å². The van der Waals surface area contributed by atoms with Crippen molar-refractivity contribution in [2.75, 3.05) is 13.1 Å². The number of aliphatic hydroxyl groups excluding tert-OH is 1. The van der Waals surface area contributed by atoms with E-state index in [0.29, 0.717) is 12.8 Å². The SMILES string of the molecule is CC(C)C[C@H](NC(=O)c1cc2cc(F)c(F)cc2o1)C(=O)NC1CCCN(S(=O)(=O)c2ccccn2)CC1O. The Morgan fingerprint density at radius 3 is 2.64 bits per heavy atom. The average Bonchev–Trinajstić information content (AvgIpc) is 3.20. The van der Waals surface area contributed by atoms with Crippen molar-refractivity contribution in [3.63, 3.8) is 0 Å². The Kier molecular flexibility index (Phi) is 8.62. The quantitative estimate of drug-likeness (QED) is 0.382. The van der Waals surface area contributed by atoms with Crippen LogP contribution in [0.1, 0.15) is 43.7 Å². The van der Waals surface area contributed by atoms with Gasteiger partial charge in [-0.1, -0.05) is 19.9 Å². The second-order valence-electron chi connectivity index (χ2n) is 9.93. The highest BCUT2D eigenvalue weighted by Crippen LogP contribution is 2.23. The number of aromatic nitrogens is 1. The van der Waals surface area contributed by atoms with Crippen LogP contribution in [0.3, 0.4) is 0 Å². The van der Waals surface area contributed by atoms with Crippen LogP contribution in [0.2, 0.25) is 0 Å². The molecular formula is C26H30F2N4O6S. The first kappa shape index (κ1) is 28.6. The topological polar surface area (TPSA) is 142 Å². The summed E-state index contributed by atoms with van der Waals surface area (Å²) in [6.45, 7) is 3.62. The van der Waals surface area contributed by atoms with Crippen LogP contribution in [0.4, 0.5) is 8.78 Å². The summed E-state index contributed by atoms with van der Waals surface area (Å²) in [5.41, 5.74) is -0.0179. The molecular weight excluding hydrogens is 534 g/mol. The van der Waals surface area contributed by atoms with Crippen LogP contribution in [0.15, 0.2) is 52.0 Å². The number of rotatable bonds is 8. The molecule has 0 aliphatic carbocycles. The predicted molar refractivity (Wildman–Crippen MR) is 137 cm³/mol. The van der Waals surface area contributed by atoms with E-state index in [-0.39, 0.29) is 47.2 Å². The second kappa shape index (κ2) is 11.8. The van der Waals surface area contributed by atoms with Gasteiger partial charge in [0.1, 0.15) is 11.6 Å². The molecule has 2 unspecified atom stereocenters. The molecule has 0 saturated carbocycles. The van der Waals surface area contributed by atoms with Crippen molar-refractivity contribution in [2.45, 2.75) is 56.3 Å². The minimum absolute atomic E-state index is 0.00187. The molecule has 2 amide bonds. The fourth-order valence-corrected chi connectivity index (χ4v) is 5.92. The van der Waals surface area contributed by atoms with Gasteiger partial charge in [0.15, 0.2) is 22.4 Å². The number of hydrogen-bond donors (Lipinski definition) is 3. The van der Waals surface area contributed by atoms with Crippen molar-refractivity contribution in [1.82, 2.24) is 19.9 Å². The largest absolute Gasteiger partial charge is 0.451 e.